The van der Waals surface area contributed by atoms with Crippen molar-refractivity contribution in [2.24, 2.45) is 7.05 Å². The number of nitrogens with one attached hydrogen (secondary N) is 1. The standard InChI is InChI=1S/C21H19N7O3/c1-12-4-3-5-14(25-12)10-24-20(30)18-19(22)27-17(21-23-8-9-31-21)16(26-18)13-6-7-15(29)28(2)11-13/h3-9,11H,10H2,1-2H3,(H2,22,27)(H,24,30). The SMILES string of the molecule is Cc1cccc(CNC(=O)c2nc(-c3ccc(=O)n(C)c3)c(-c3ncco3)nc2N)n1. The van der Waals surface area contributed by atoms with Crippen LogP contribution in [0, 0.1) is 6.92 Å². The molecule has 156 valence electrons. The van der Waals surface area contributed by atoms with E-state index in [9.17, 15) is 9.59 Å². The van der Waals surface area contributed by atoms with E-state index in [4.69, 9.17) is 10.2 Å². The van der Waals surface area contributed by atoms with E-state index < -0.39 is 5.91 Å². The molecule has 10 heteroatoms. The molecule has 0 unspecified atom stereocenters. The van der Waals surface area contributed by atoms with E-state index in [1.807, 2.05) is 25.1 Å². The summed E-state index contributed by atoms with van der Waals surface area (Å²) >= 11 is 0. The smallest absolute Gasteiger partial charge is 0.274 e. The summed E-state index contributed by atoms with van der Waals surface area (Å²) in [6.45, 7) is 2.08. The summed E-state index contributed by atoms with van der Waals surface area (Å²) < 4.78 is 6.76. The summed E-state index contributed by atoms with van der Waals surface area (Å²) in [5, 5.41) is 2.76. The van der Waals surface area contributed by atoms with Crippen LogP contribution in [0.5, 0.6) is 0 Å². The highest BCUT2D eigenvalue weighted by Crippen LogP contribution is 2.29. The van der Waals surface area contributed by atoms with E-state index in [1.54, 1.807) is 19.3 Å². The van der Waals surface area contributed by atoms with Crippen molar-refractivity contribution in [1.29, 1.82) is 0 Å². The van der Waals surface area contributed by atoms with Gasteiger partial charge in [-0.1, -0.05) is 6.07 Å². The topological polar surface area (TPSA) is 142 Å². The van der Waals surface area contributed by atoms with Crippen LogP contribution in [0.3, 0.4) is 0 Å². The summed E-state index contributed by atoms with van der Waals surface area (Å²) in [5.74, 6) is -0.381. The first-order valence-electron chi connectivity index (χ1n) is 9.37. The molecule has 0 fully saturated rings. The fourth-order valence-electron chi connectivity index (χ4n) is 2.99. The molecule has 4 rings (SSSR count). The molecular formula is C21H19N7O3. The number of anilines is 1. The predicted octanol–water partition coefficient (Wildman–Crippen LogP) is 1.71. The van der Waals surface area contributed by atoms with Gasteiger partial charge in [0.05, 0.1) is 18.4 Å². The van der Waals surface area contributed by atoms with E-state index in [0.717, 1.165) is 5.69 Å². The third-order valence-corrected chi connectivity index (χ3v) is 4.51. The first-order valence-corrected chi connectivity index (χ1v) is 9.37. The van der Waals surface area contributed by atoms with Gasteiger partial charge >= 0.3 is 0 Å². The number of amides is 1. The van der Waals surface area contributed by atoms with Crippen molar-refractivity contribution in [3.05, 3.63) is 76.4 Å². The van der Waals surface area contributed by atoms with Gasteiger partial charge in [0.2, 0.25) is 11.4 Å². The number of hydrogen-bond donors (Lipinski definition) is 2. The van der Waals surface area contributed by atoms with Gasteiger partial charge < -0.3 is 20.0 Å². The minimum absolute atomic E-state index is 0.0492. The molecular weight excluding hydrogens is 398 g/mol. The average Bonchev–Trinajstić information content (AvgIpc) is 3.29. The van der Waals surface area contributed by atoms with E-state index >= 15 is 0 Å². The van der Waals surface area contributed by atoms with Gasteiger partial charge in [0, 0.05) is 30.6 Å². The number of oxazole rings is 1. The molecule has 4 aromatic rings. The Morgan fingerprint density at radius 2 is 2.00 bits per heavy atom. The Labute approximate surface area is 176 Å². The second-order valence-corrected chi connectivity index (χ2v) is 6.81. The number of carbonyl (C=O) groups is 1. The summed E-state index contributed by atoms with van der Waals surface area (Å²) in [5.41, 5.74) is 8.49. The number of nitrogens with zero attached hydrogens (tertiary/aromatic N) is 5. The molecule has 4 aromatic heterocycles. The van der Waals surface area contributed by atoms with Gasteiger partial charge in [-0.05, 0) is 25.1 Å². The number of aromatic nitrogens is 5. The average molecular weight is 417 g/mol. The molecule has 0 bridgehead atoms. The molecule has 10 nitrogen and oxygen atoms in total. The Morgan fingerprint density at radius 3 is 2.71 bits per heavy atom. The zero-order valence-electron chi connectivity index (χ0n) is 16.9. The highest BCUT2D eigenvalue weighted by molar-refractivity contribution is 5.97. The Balaban J connectivity index is 1.74. The van der Waals surface area contributed by atoms with Gasteiger partial charge in [0.25, 0.3) is 5.91 Å². The Morgan fingerprint density at radius 1 is 1.16 bits per heavy atom. The quantitative estimate of drug-likeness (QED) is 0.500. The summed E-state index contributed by atoms with van der Waals surface area (Å²) in [6, 6.07) is 8.53. The van der Waals surface area contributed by atoms with Crippen LogP contribution in [0.15, 0.2) is 58.2 Å². The summed E-state index contributed by atoms with van der Waals surface area (Å²) in [4.78, 5) is 41.9. The van der Waals surface area contributed by atoms with E-state index in [0.29, 0.717) is 17.0 Å². The van der Waals surface area contributed by atoms with E-state index in [-0.39, 0.29) is 35.2 Å². The lowest BCUT2D eigenvalue weighted by molar-refractivity contribution is 0.0946. The molecule has 31 heavy (non-hydrogen) atoms. The molecule has 0 atom stereocenters. The summed E-state index contributed by atoms with van der Waals surface area (Å²) in [7, 11) is 1.61. The number of rotatable bonds is 5. The van der Waals surface area contributed by atoms with Crippen LogP contribution < -0.4 is 16.6 Å². The maximum Gasteiger partial charge on any atom is 0.274 e. The van der Waals surface area contributed by atoms with Crippen LogP contribution in [0.2, 0.25) is 0 Å². The fraction of sp³-hybridized carbons (Fsp3) is 0.143. The van der Waals surface area contributed by atoms with Crippen molar-refractivity contribution in [2.45, 2.75) is 13.5 Å². The number of nitrogen functional groups attached to an aromatic ring is 1. The van der Waals surface area contributed by atoms with Gasteiger partial charge in [-0.25, -0.2) is 15.0 Å². The minimum Gasteiger partial charge on any atom is -0.443 e. The van der Waals surface area contributed by atoms with Crippen molar-refractivity contribution in [3.8, 4) is 22.8 Å². The number of nitrogens with two attached hydrogens (primary N) is 1. The van der Waals surface area contributed by atoms with Crippen molar-refractivity contribution >= 4 is 11.7 Å². The van der Waals surface area contributed by atoms with Gasteiger partial charge in [0.15, 0.2) is 17.2 Å². The molecule has 4 heterocycles. The highest BCUT2D eigenvalue weighted by Gasteiger charge is 2.22. The zero-order chi connectivity index (χ0) is 22.0. The number of carbonyl (C=O) groups excluding carboxylic acids is 1. The van der Waals surface area contributed by atoms with Crippen LogP contribution in [-0.2, 0) is 13.6 Å². The van der Waals surface area contributed by atoms with Gasteiger partial charge in [0.1, 0.15) is 12.0 Å². The molecule has 0 aliphatic heterocycles. The third kappa shape index (κ3) is 4.17. The summed E-state index contributed by atoms with van der Waals surface area (Å²) in [6.07, 6.45) is 4.45. The van der Waals surface area contributed by atoms with Crippen molar-refractivity contribution in [3.63, 3.8) is 0 Å². The Kier molecular flexibility index (Phi) is 5.27. The van der Waals surface area contributed by atoms with Crippen molar-refractivity contribution in [1.82, 2.24) is 29.8 Å². The monoisotopic (exact) mass is 417 g/mol. The number of hydrogen-bond acceptors (Lipinski definition) is 8. The molecule has 3 N–H and O–H groups in total. The minimum atomic E-state index is -0.502. The second kappa shape index (κ2) is 8.19. The molecule has 0 aliphatic carbocycles. The fourth-order valence-corrected chi connectivity index (χ4v) is 2.99. The van der Waals surface area contributed by atoms with Gasteiger partial charge in [-0.2, -0.15) is 0 Å². The number of pyridine rings is 2. The first-order chi connectivity index (χ1) is 14.9. The third-order valence-electron chi connectivity index (χ3n) is 4.51. The molecule has 1 amide bonds. The maximum absolute atomic E-state index is 12.8. The van der Waals surface area contributed by atoms with Crippen molar-refractivity contribution in [2.75, 3.05) is 5.73 Å². The van der Waals surface area contributed by atoms with Crippen LogP contribution in [-0.4, -0.2) is 30.4 Å². The highest BCUT2D eigenvalue weighted by atomic mass is 16.3. The largest absolute Gasteiger partial charge is 0.443 e. The zero-order valence-corrected chi connectivity index (χ0v) is 16.9. The van der Waals surface area contributed by atoms with Crippen LogP contribution >= 0.6 is 0 Å². The molecule has 0 spiro atoms. The Bertz CT molecular complexity index is 1310. The van der Waals surface area contributed by atoms with Crippen LogP contribution in [0.4, 0.5) is 5.82 Å². The van der Waals surface area contributed by atoms with Crippen LogP contribution in [0.25, 0.3) is 22.8 Å². The molecule has 0 radical (unpaired) electrons. The van der Waals surface area contributed by atoms with Crippen molar-refractivity contribution < 1.29 is 9.21 Å². The van der Waals surface area contributed by atoms with E-state index in [2.05, 4.69) is 25.3 Å². The van der Waals surface area contributed by atoms with Gasteiger partial charge in [-0.3, -0.25) is 14.6 Å². The van der Waals surface area contributed by atoms with Crippen LogP contribution in [0.1, 0.15) is 21.9 Å². The first kappa shape index (κ1) is 20.0. The number of aryl methyl sites for hydroxylation is 2. The maximum atomic E-state index is 12.8. The Hall–Kier alpha value is -4.34. The van der Waals surface area contributed by atoms with Gasteiger partial charge in [-0.15, -0.1) is 0 Å². The predicted molar refractivity (Wildman–Crippen MR) is 113 cm³/mol. The normalized spacial score (nSPS) is 10.8. The molecule has 0 aromatic carbocycles. The molecule has 0 saturated carbocycles. The lowest BCUT2D eigenvalue weighted by atomic mass is 10.1. The lowest BCUT2D eigenvalue weighted by Gasteiger charge is -2.12. The molecule has 0 saturated heterocycles. The second-order valence-electron chi connectivity index (χ2n) is 6.81. The molecule has 0 aliphatic rings. The van der Waals surface area contributed by atoms with E-state index in [1.165, 1.54) is 23.1 Å². The lowest BCUT2D eigenvalue weighted by Crippen LogP contribution is -2.26.